The van der Waals surface area contributed by atoms with Crippen LogP contribution < -0.4 is 15.4 Å². The molecule has 0 radical (unpaired) electrons. The van der Waals surface area contributed by atoms with E-state index in [0.717, 1.165) is 5.75 Å². The van der Waals surface area contributed by atoms with E-state index in [2.05, 4.69) is 15.6 Å². The number of aromatic nitrogens is 1. The quantitative estimate of drug-likeness (QED) is 0.495. The predicted octanol–water partition coefficient (Wildman–Crippen LogP) is 4.04. The number of hydrogen-bond acceptors (Lipinski definition) is 6. The zero-order chi connectivity index (χ0) is 22.1. The standard InChI is InChI=1S/C23H25N3O4S/c1-16-20(14-24-22(28)15-31-2)26-23(30-16)18-10-6-7-11-19(18)25-21(27)12-13-29-17-8-4-3-5-9-17/h3-11H,12-15H2,1-2H3,(H,24,28)(H,25,27). The second kappa shape index (κ2) is 11.2. The number of para-hydroxylation sites is 2. The monoisotopic (exact) mass is 439 g/mol. The van der Waals surface area contributed by atoms with Gasteiger partial charge in [-0.15, -0.1) is 0 Å². The summed E-state index contributed by atoms with van der Waals surface area (Å²) >= 11 is 1.46. The molecule has 0 saturated heterocycles. The number of aryl methyl sites for hydroxylation is 1. The molecule has 0 aliphatic heterocycles. The summed E-state index contributed by atoms with van der Waals surface area (Å²) in [6, 6.07) is 16.7. The van der Waals surface area contributed by atoms with Gasteiger partial charge in [0, 0.05) is 0 Å². The van der Waals surface area contributed by atoms with Crippen LogP contribution >= 0.6 is 11.8 Å². The number of amides is 2. The second-order valence-electron chi connectivity index (χ2n) is 6.74. The zero-order valence-corrected chi connectivity index (χ0v) is 18.3. The lowest BCUT2D eigenvalue weighted by Crippen LogP contribution is -2.24. The highest BCUT2D eigenvalue weighted by Crippen LogP contribution is 2.29. The number of ether oxygens (including phenoxy) is 1. The molecular formula is C23H25N3O4S. The molecule has 0 bridgehead atoms. The van der Waals surface area contributed by atoms with E-state index in [1.807, 2.05) is 54.8 Å². The third kappa shape index (κ3) is 6.62. The molecule has 8 heteroatoms. The molecule has 162 valence electrons. The molecule has 0 unspecified atom stereocenters. The van der Waals surface area contributed by atoms with E-state index in [1.54, 1.807) is 13.0 Å². The number of nitrogens with zero attached hydrogens (tertiary/aromatic N) is 1. The number of hydrogen-bond donors (Lipinski definition) is 2. The van der Waals surface area contributed by atoms with Gasteiger partial charge in [-0.2, -0.15) is 11.8 Å². The maximum absolute atomic E-state index is 12.4. The summed E-state index contributed by atoms with van der Waals surface area (Å²) in [5, 5.41) is 5.72. The zero-order valence-electron chi connectivity index (χ0n) is 17.5. The number of carbonyl (C=O) groups excluding carboxylic acids is 2. The fourth-order valence-electron chi connectivity index (χ4n) is 2.84. The van der Waals surface area contributed by atoms with Crippen molar-refractivity contribution in [2.24, 2.45) is 0 Å². The van der Waals surface area contributed by atoms with Gasteiger partial charge in [-0.1, -0.05) is 30.3 Å². The van der Waals surface area contributed by atoms with Gasteiger partial charge < -0.3 is 19.8 Å². The number of oxazole rings is 1. The van der Waals surface area contributed by atoms with Crippen molar-refractivity contribution in [2.75, 3.05) is 23.9 Å². The van der Waals surface area contributed by atoms with Gasteiger partial charge >= 0.3 is 0 Å². The fourth-order valence-corrected chi connectivity index (χ4v) is 3.21. The highest BCUT2D eigenvalue weighted by atomic mass is 32.2. The van der Waals surface area contributed by atoms with Crippen molar-refractivity contribution in [3.8, 4) is 17.2 Å². The van der Waals surface area contributed by atoms with E-state index in [-0.39, 0.29) is 24.8 Å². The Kier molecular flexibility index (Phi) is 8.12. The lowest BCUT2D eigenvalue weighted by Gasteiger charge is -2.09. The third-order valence-corrected chi connectivity index (χ3v) is 4.94. The molecule has 2 N–H and O–H groups in total. The minimum absolute atomic E-state index is 0.0539. The number of nitrogens with one attached hydrogen (secondary N) is 2. The minimum atomic E-state index is -0.170. The Bertz CT molecular complexity index is 1020. The van der Waals surface area contributed by atoms with E-state index in [1.165, 1.54) is 11.8 Å². The van der Waals surface area contributed by atoms with Crippen LogP contribution in [-0.2, 0) is 16.1 Å². The largest absolute Gasteiger partial charge is 0.493 e. The molecule has 3 aromatic rings. The minimum Gasteiger partial charge on any atom is -0.493 e. The Morgan fingerprint density at radius 3 is 2.58 bits per heavy atom. The molecule has 0 spiro atoms. The maximum Gasteiger partial charge on any atom is 0.230 e. The SMILES string of the molecule is CSCC(=O)NCc1nc(-c2ccccc2NC(=O)CCOc2ccccc2)oc1C. The van der Waals surface area contributed by atoms with E-state index < -0.39 is 0 Å². The van der Waals surface area contributed by atoms with Crippen LogP contribution in [0.25, 0.3) is 11.5 Å². The Morgan fingerprint density at radius 2 is 1.81 bits per heavy atom. The van der Waals surface area contributed by atoms with Crippen LogP contribution in [-0.4, -0.2) is 35.4 Å². The van der Waals surface area contributed by atoms with Crippen molar-refractivity contribution in [3.05, 3.63) is 66.1 Å². The normalized spacial score (nSPS) is 10.5. The second-order valence-corrected chi connectivity index (χ2v) is 7.60. The van der Waals surface area contributed by atoms with Crippen LogP contribution in [0.1, 0.15) is 17.9 Å². The topological polar surface area (TPSA) is 93.5 Å². The maximum atomic E-state index is 12.4. The van der Waals surface area contributed by atoms with E-state index in [9.17, 15) is 9.59 Å². The van der Waals surface area contributed by atoms with Gasteiger partial charge in [0.1, 0.15) is 17.2 Å². The van der Waals surface area contributed by atoms with Crippen molar-refractivity contribution in [1.82, 2.24) is 10.3 Å². The highest BCUT2D eigenvalue weighted by molar-refractivity contribution is 7.99. The first-order valence-electron chi connectivity index (χ1n) is 9.86. The average Bonchev–Trinajstić information content (AvgIpc) is 3.14. The van der Waals surface area contributed by atoms with Crippen molar-refractivity contribution in [3.63, 3.8) is 0 Å². The van der Waals surface area contributed by atoms with Crippen LogP contribution in [0, 0.1) is 6.92 Å². The lowest BCUT2D eigenvalue weighted by molar-refractivity contribution is -0.119. The molecule has 0 fully saturated rings. The molecule has 0 atom stereocenters. The molecular weight excluding hydrogens is 414 g/mol. The van der Waals surface area contributed by atoms with Crippen LogP contribution in [0.3, 0.4) is 0 Å². The van der Waals surface area contributed by atoms with Crippen LogP contribution in [0.15, 0.2) is 59.0 Å². The molecule has 0 aliphatic rings. The highest BCUT2D eigenvalue weighted by Gasteiger charge is 2.16. The Labute approximate surface area is 185 Å². The predicted molar refractivity (Wildman–Crippen MR) is 122 cm³/mol. The average molecular weight is 440 g/mol. The van der Waals surface area contributed by atoms with Gasteiger partial charge in [-0.05, 0) is 37.4 Å². The Morgan fingerprint density at radius 1 is 1.06 bits per heavy atom. The fraction of sp³-hybridized carbons (Fsp3) is 0.261. The summed E-state index contributed by atoms with van der Waals surface area (Å²) < 4.78 is 11.4. The Hall–Kier alpha value is -3.26. The van der Waals surface area contributed by atoms with Crippen molar-refractivity contribution < 1.29 is 18.7 Å². The summed E-state index contributed by atoms with van der Waals surface area (Å²) in [7, 11) is 0. The van der Waals surface area contributed by atoms with Gasteiger partial charge in [-0.3, -0.25) is 9.59 Å². The number of rotatable bonds is 10. The lowest BCUT2D eigenvalue weighted by atomic mass is 10.1. The molecule has 31 heavy (non-hydrogen) atoms. The van der Waals surface area contributed by atoms with Gasteiger partial charge in [0.15, 0.2) is 0 Å². The smallest absolute Gasteiger partial charge is 0.230 e. The summed E-state index contributed by atoms with van der Waals surface area (Å²) in [6.07, 6.45) is 2.08. The third-order valence-electron chi connectivity index (χ3n) is 4.39. The first-order valence-corrected chi connectivity index (χ1v) is 11.2. The molecule has 1 aromatic heterocycles. The molecule has 2 amide bonds. The first-order chi connectivity index (χ1) is 15.1. The van der Waals surface area contributed by atoms with Crippen LogP contribution in [0.4, 0.5) is 5.69 Å². The van der Waals surface area contributed by atoms with Crippen molar-refractivity contribution in [1.29, 1.82) is 0 Å². The van der Waals surface area contributed by atoms with Gasteiger partial charge in [0.2, 0.25) is 17.7 Å². The van der Waals surface area contributed by atoms with Gasteiger partial charge in [0.25, 0.3) is 0 Å². The van der Waals surface area contributed by atoms with E-state index in [4.69, 9.17) is 9.15 Å². The van der Waals surface area contributed by atoms with Crippen LogP contribution in [0.5, 0.6) is 5.75 Å². The summed E-state index contributed by atoms with van der Waals surface area (Å²) in [5.74, 6) is 1.91. The molecule has 1 heterocycles. The Balaban J connectivity index is 1.62. The van der Waals surface area contributed by atoms with Gasteiger partial charge in [0.05, 0.1) is 36.6 Å². The summed E-state index contributed by atoms with van der Waals surface area (Å²) in [6.45, 7) is 2.37. The van der Waals surface area contributed by atoms with E-state index in [0.29, 0.717) is 40.9 Å². The summed E-state index contributed by atoms with van der Waals surface area (Å²) in [5.41, 5.74) is 1.93. The molecule has 0 saturated carbocycles. The van der Waals surface area contributed by atoms with Crippen molar-refractivity contribution in [2.45, 2.75) is 19.9 Å². The first kappa shape index (κ1) is 22.4. The van der Waals surface area contributed by atoms with E-state index >= 15 is 0 Å². The molecule has 3 rings (SSSR count). The number of anilines is 1. The molecule has 7 nitrogen and oxygen atoms in total. The number of thioether (sulfide) groups is 1. The molecule has 2 aromatic carbocycles. The number of carbonyl (C=O) groups is 2. The summed E-state index contributed by atoms with van der Waals surface area (Å²) in [4.78, 5) is 28.6. The number of benzene rings is 2. The van der Waals surface area contributed by atoms with Gasteiger partial charge in [-0.25, -0.2) is 4.98 Å². The molecule has 0 aliphatic carbocycles. The van der Waals surface area contributed by atoms with Crippen molar-refractivity contribution >= 4 is 29.3 Å². The van der Waals surface area contributed by atoms with Crippen LogP contribution in [0.2, 0.25) is 0 Å².